The molecule has 0 aromatic heterocycles. The van der Waals surface area contributed by atoms with Crippen molar-refractivity contribution < 1.29 is 9.84 Å². The molecular formula is C16H26N2O2. The molecule has 2 unspecified atom stereocenters. The molecule has 1 aromatic rings. The van der Waals surface area contributed by atoms with Crippen molar-refractivity contribution in [3.63, 3.8) is 0 Å². The van der Waals surface area contributed by atoms with E-state index < -0.39 is 0 Å². The van der Waals surface area contributed by atoms with Crippen LogP contribution in [0.3, 0.4) is 0 Å². The topological polar surface area (TPSA) is 35.9 Å². The van der Waals surface area contributed by atoms with Gasteiger partial charge in [-0.2, -0.15) is 0 Å². The highest BCUT2D eigenvalue weighted by molar-refractivity contribution is 5.42. The molecule has 20 heavy (non-hydrogen) atoms. The number of ether oxygens (including phenoxy) is 1. The maximum Gasteiger partial charge on any atom is 0.160 e. The summed E-state index contributed by atoms with van der Waals surface area (Å²) in [6.07, 6.45) is 1.28. The summed E-state index contributed by atoms with van der Waals surface area (Å²) in [5.41, 5.74) is 1.17. The summed E-state index contributed by atoms with van der Waals surface area (Å²) in [7, 11) is 5.94. The van der Waals surface area contributed by atoms with Crippen LogP contribution in [0, 0.1) is 5.92 Å². The molecule has 0 saturated carbocycles. The Hall–Kier alpha value is -1.26. The molecular weight excluding hydrogens is 252 g/mol. The summed E-state index contributed by atoms with van der Waals surface area (Å²) in [6, 6.07) is 5.93. The van der Waals surface area contributed by atoms with Crippen molar-refractivity contribution >= 4 is 0 Å². The highest BCUT2D eigenvalue weighted by atomic mass is 16.5. The SMILES string of the molecule is COc1cc(C(C)N(C)CC2CCN(C)C2)ccc1O. The van der Waals surface area contributed by atoms with Crippen LogP contribution in [0.2, 0.25) is 0 Å². The van der Waals surface area contributed by atoms with Gasteiger partial charge in [-0.3, -0.25) is 4.90 Å². The minimum Gasteiger partial charge on any atom is -0.504 e. The molecule has 1 aromatic carbocycles. The van der Waals surface area contributed by atoms with Gasteiger partial charge in [-0.25, -0.2) is 0 Å². The lowest BCUT2D eigenvalue weighted by Crippen LogP contribution is -2.29. The van der Waals surface area contributed by atoms with E-state index in [0.29, 0.717) is 11.8 Å². The molecule has 112 valence electrons. The Morgan fingerprint density at radius 3 is 2.85 bits per heavy atom. The zero-order valence-electron chi connectivity index (χ0n) is 13.0. The molecule has 0 spiro atoms. The van der Waals surface area contributed by atoms with E-state index in [4.69, 9.17) is 4.74 Å². The second-order valence-electron chi connectivity index (χ2n) is 5.96. The van der Waals surface area contributed by atoms with Crippen LogP contribution in [-0.2, 0) is 0 Å². The van der Waals surface area contributed by atoms with Gasteiger partial charge in [0.25, 0.3) is 0 Å². The quantitative estimate of drug-likeness (QED) is 0.897. The lowest BCUT2D eigenvalue weighted by molar-refractivity contribution is 0.219. The molecule has 0 bridgehead atoms. The van der Waals surface area contributed by atoms with Crippen LogP contribution in [-0.4, -0.2) is 55.7 Å². The molecule has 0 amide bonds. The van der Waals surface area contributed by atoms with Gasteiger partial charge in [0.15, 0.2) is 11.5 Å². The predicted molar refractivity (Wildman–Crippen MR) is 81.3 cm³/mol. The molecule has 2 atom stereocenters. The van der Waals surface area contributed by atoms with Crippen molar-refractivity contribution in [1.82, 2.24) is 9.80 Å². The minimum absolute atomic E-state index is 0.198. The average Bonchev–Trinajstić information content (AvgIpc) is 2.83. The maximum absolute atomic E-state index is 9.67. The predicted octanol–water partition coefficient (Wildman–Crippen LogP) is 2.35. The van der Waals surface area contributed by atoms with Crippen molar-refractivity contribution in [2.24, 2.45) is 5.92 Å². The number of aromatic hydroxyl groups is 1. The highest BCUT2D eigenvalue weighted by Crippen LogP contribution is 2.31. The lowest BCUT2D eigenvalue weighted by Gasteiger charge is -2.28. The molecule has 1 N–H and O–H groups in total. The smallest absolute Gasteiger partial charge is 0.160 e. The van der Waals surface area contributed by atoms with Crippen LogP contribution in [0.15, 0.2) is 18.2 Å². The van der Waals surface area contributed by atoms with Gasteiger partial charge in [0, 0.05) is 19.1 Å². The normalized spacial score (nSPS) is 21.4. The molecule has 4 nitrogen and oxygen atoms in total. The van der Waals surface area contributed by atoms with Crippen molar-refractivity contribution in [3.05, 3.63) is 23.8 Å². The highest BCUT2D eigenvalue weighted by Gasteiger charge is 2.23. The summed E-state index contributed by atoms with van der Waals surface area (Å²) >= 11 is 0. The second kappa shape index (κ2) is 6.46. The van der Waals surface area contributed by atoms with Crippen LogP contribution in [0.5, 0.6) is 11.5 Å². The van der Waals surface area contributed by atoms with Crippen LogP contribution < -0.4 is 4.74 Å². The van der Waals surface area contributed by atoms with Crippen molar-refractivity contribution in [3.8, 4) is 11.5 Å². The number of phenolic OH excluding ortho intramolecular Hbond substituents is 1. The summed E-state index contributed by atoms with van der Waals surface area (Å²) in [4.78, 5) is 4.78. The molecule has 1 saturated heterocycles. The zero-order chi connectivity index (χ0) is 14.7. The van der Waals surface area contributed by atoms with Crippen molar-refractivity contribution in [1.29, 1.82) is 0 Å². The van der Waals surface area contributed by atoms with Crippen molar-refractivity contribution in [2.75, 3.05) is 40.8 Å². The summed E-state index contributed by atoms with van der Waals surface area (Å²) in [5.74, 6) is 1.50. The molecule has 1 aliphatic heterocycles. The zero-order valence-corrected chi connectivity index (χ0v) is 13.0. The Bertz CT molecular complexity index is 450. The average molecular weight is 278 g/mol. The van der Waals surface area contributed by atoms with Gasteiger partial charge in [-0.15, -0.1) is 0 Å². The first-order chi connectivity index (χ1) is 9.51. The third-order valence-electron chi connectivity index (χ3n) is 4.38. The van der Waals surface area contributed by atoms with E-state index in [2.05, 4.69) is 30.8 Å². The van der Waals surface area contributed by atoms with Gasteiger partial charge in [0.1, 0.15) is 0 Å². The molecule has 0 aliphatic carbocycles. The Balaban J connectivity index is 2.00. The minimum atomic E-state index is 0.198. The number of phenols is 1. The van der Waals surface area contributed by atoms with Gasteiger partial charge in [0.05, 0.1) is 7.11 Å². The monoisotopic (exact) mass is 278 g/mol. The number of rotatable bonds is 5. The number of nitrogens with zero attached hydrogens (tertiary/aromatic N) is 2. The number of likely N-dealkylation sites (tertiary alicyclic amines) is 1. The number of hydrogen-bond acceptors (Lipinski definition) is 4. The van der Waals surface area contributed by atoms with Gasteiger partial charge in [-0.05, 0) is 57.6 Å². The Kier molecular flexibility index (Phi) is 4.89. The molecule has 4 heteroatoms. The Labute approximate surface area is 122 Å². The summed E-state index contributed by atoms with van der Waals surface area (Å²) in [6.45, 7) is 5.70. The van der Waals surface area contributed by atoms with Gasteiger partial charge < -0.3 is 14.7 Å². The third-order valence-corrected chi connectivity index (χ3v) is 4.38. The standard InChI is InChI=1S/C16H26N2O2/c1-12(14-5-6-15(19)16(9-14)20-4)18(3)11-13-7-8-17(2)10-13/h5-6,9,12-13,19H,7-8,10-11H2,1-4H3. The maximum atomic E-state index is 9.67. The van der Waals surface area contributed by atoms with Crippen LogP contribution in [0.25, 0.3) is 0 Å². The molecule has 2 rings (SSSR count). The Morgan fingerprint density at radius 2 is 2.25 bits per heavy atom. The second-order valence-corrected chi connectivity index (χ2v) is 5.96. The van der Waals surface area contributed by atoms with E-state index in [1.165, 1.54) is 25.1 Å². The van der Waals surface area contributed by atoms with E-state index in [0.717, 1.165) is 12.5 Å². The number of hydrogen-bond donors (Lipinski definition) is 1. The molecule has 1 fully saturated rings. The third kappa shape index (κ3) is 3.44. The first kappa shape index (κ1) is 15.1. The number of benzene rings is 1. The van der Waals surface area contributed by atoms with Crippen LogP contribution in [0.1, 0.15) is 24.9 Å². The first-order valence-corrected chi connectivity index (χ1v) is 7.27. The number of methoxy groups -OCH3 is 1. The summed E-state index contributed by atoms with van der Waals surface area (Å²) in [5, 5.41) is 9.67. The lowest BCUT2D eigenvalue weighted by atomic mass is 10.0. The van der Waals surface area contributed by atoms with Crippen molar-refractivity contribution in [2.45, 2.75) is 19.4 Å². The van der Waals surface area contributed by atoms with Gasteiger partial charge >= 0.3 is 0 Å². The van der Waals surface area contributed by atoms with E-state index in [-0.39, 0.29) is 5.75 Å². The van der Waals surface area contributed by atoms with Crippen LogP contribution in [0.4, 0.5) is 0 Å². The summed E-state index contributed by atoms with van der Waals surface area (Å²) < 4.78 is 5.19. The molecule has 0 radical (unpaired) electrons. The van der Waals surface area contributed by atoms with E-state index in [9.17, 15) is 5.11 Å². The fourth-order valence-corrected chi connectivity index (χ4v) is 2.95. The van der Waals surface area contributed by atoms with E-state index >= 15 is 0 Å². The van der Waals surface area contributed by atoms with E-state index in [1.54, 1.807) is 13.2 Å². The molecule has 1 aliphatic rings. The first-order valence-electron chi connectivity index (χ1n) is 7.27. The molecule has 1 heterocycles. The van der Waals surface area contributed by atoms with Gasteiger partial charge in [-0.1, -0.05) is 6.07 Å². The van der Waals surface area contributed by atoms with Gasteiger partial charge in [0.2, 0.25) is 0 Å². The fourth-order valence-electron chi connectivity index (χ4n) is 2.95. The fraction of sp³-hybridized carbons (Fsp3) is 0.625. The van der Waals surface area contributed by atoms with E-state index in [1.807, 2.05) is 12.1 Å². The largest absolute Gasteiger partial charge is 0.504 e. The Morgan fingerprint density at radius 1 is 1.50 bits per heavy atom. The van der Waals surface area contributed by atoms with Crippen LogP contribution >= 0.6 is 0 Å².